The first-order chi connectivity index (χ1) is 33.3. The summed E-state index contributed by atoms with van der Waals surface area (Å²) in [5.74, 6) is 2.58. The number of H-pyrrole nitrogens is 2. The van der Waals surface area contributed by atoms with Crippen molar-refractivity contribution in [1.29, 1.82) is 0 Å². The summed E-state index contributed by atoms with van der Waals surface area (Å²) < 4.78 is 19.1. The van der Waals surface area contributed by atoms with Crippen LogP contribution in [0.5, 0.6) is 5.75 Å². The van der Waals surface area contributed by atoms with Gasteiger partial charge in [0.15, 0.2) is 0 Å². The number of ether oxygens (including phenoxy) is 3. The number of benzene rings is 2. The van der Waals surface area contributed by atoms with Gasteiger partial charge in [0.2, 0.25) is 18.0 Å². The third-order valence-corrected chi connectivity index (χ3v) is 15.9. The van der Waals surface area contributed by atoms with Gasteiger partial charge in [-0.3, -0.25) is 14.2 Å². The number of aryl methyl sites for hydroxylation is 1. The lowest BCUT2D eigenvalue weighted by Crippen LogP contribution is -2.52. The molecule has 7 atom stereocenters. The van der Waals surface area contributed by atoms with Gasteiger partial charge < -0.3 is 44.6 Å². The predicted octanol–water partition coefficient (Wildman–Crippen LogP) is 8.76. The molecule has 4 N–H and O–H groups in total. The van der Waals surface area contributed by atoms with Crippen LogP contribution in [-0.2, 0) is 19.1 Å². The van der Waals surface area contributed by atoms with Crippen molar-refractivity contribution in [1.82, 2.24) is 49.9 Å². The molecule has 2 unspecified atom stereocenters. The molecular formula is C51H58N10O7S. The smallest absolute Gasteiger partial charge is 0.407 e. The summed E-state index contributed by atoms with van der Waals surface area (Å²) >= 11 is 1.72. The van der Waals surface area contributed by atoms with Crippen LogP contribution in [0.4, 0.5) is 9.59 Å². The normalized spacial score (nSPS) is 22.2. The minimum atomic E-state index is -0.722. The number of aromatic nitrogens is 6. The molecule has 2 saturated carbocycles. The number of alkyl carbamates (subject to hydrolysis) is 2. The number of imidazole rings is 2. The van der Waals surface area contributed by atoms with Crippen LogP contribution in [0, 0.1) is 24.7 Å². The number of amides is 4. The number of nitrogens with zero attached hydrogens (tertiary/aromatic N) is 6. The number of hydrogen-bond acceptors (Lipinski definition) is 11. The van der Waals surface area contributed by atoms with E-state index in [0.29, 0.717) is 24.2 Å². The van der Waals surface area contributed by atoms with E-state index in [4.69, 9.17) is 29.2 Å². The summed E-state index contributed by atoms with van der Waals surface area (Å²) in [6.45, 7) is 10.3. The second-order valence-corrected chi connectivity index (χ2v) is 21.1. The molecule has 17 nitrogen and oxygen atoms in total. The SMILES string of the molecule is COC(=O)N[C@H](C(=O)N1CCC[C@H]1c1ncc(-c2cc(C)c3c(c2)OC(c2cnc(C4CC4)s2)n2c-3cc3cc(-c4cnc([C@@H]5CC6C[C@H]6N5C(=O)[C@@H](NC(=O)OC)C(C)C)[nH]4)ccc32)[nH]1)C(C)C. The van der Waals surface area contributed by atoms with Crippen LogP contribution >= 0.6 is 11.3 Å². The first kappa shape index (κ1) is 44.8. The highest BCUT2D eigenvalue weighted by Gasteiger charge is 2.56. The Kier molecular flexibility index (Phi) is 11.3. The van der Waals surface area contributed by atoms with Gasteiger partial charge in [0.1, 0.15) is 29.5 Å². The number of hydrogen-bond donors (Lipinski definition) is 4. The van der Waals surface area contributed by atoms with E-state index in [-0.39, 0.29) is 41.8 Å². The number of thiazole rings is 1. The van der Waals surface area contributed by atoms with Crippen molar-refractivity contribution < 1.29 is 33.4 Å². The van der Waals surface area contributed by atoms with Gasteiger partial charge in [0, 0.05) is 46.8 Å². The Balaban J connectivity index is 0.908. The minimum absolute atomic E-state index is 0.112. The van der Waals surface area contributed by atoms with E-state index in [2.05, 4.69) is 68.5 Å². The van der Waals surface area contributed by atoms with Gasteiger partial charge in [-0.15, -0.1) is 11.3 Å². The van der Waals surface area contributed by atoms with Crippen molar-refractivity contribution in [3.63, 3.8) is 0 Å². The van der Waals surface area contributed by atoms with Crippen LogP contribution in [-0.4, -0.2) is 102 Å². The minimum Gasteiger partial charge on any atom is -0.464 e. The molecule has 2 saturated heterocycles. The molecule has 4 aromatic heterocycles. The van der Waals surface area contributed by atoms with Crippen LogP contribution in [0.3, 0.4) is 0 Å². The Morgan fingerprint density at radius 3 is 2.16 bits per heavy atom. The van der Waals surface area contributed by atoms with Crippen molar-refractivity contribution >= 4 is 46.2 Å². The Morgan fingerprint density at radius 1 is 0.797 bits per heavy atom. The second kappa shape index (κ2) is 17.4. The van der Waals surface area contributed by atoms with Crippen LogP contribution < -0.4 is 15.4 Å². The summed E-state index contributed by atoms with van der Waals surface area (Å²) in [7, 11) is 2.60. The lowest BCUT2D eigenvalue weighted by Gasteiger charge is -2.31. The third kappa shape index (κ3) is 7.99. The number of carbonyl (C=O) groups excluding carboxylic acids is 4. The van der Waals surface area contributed by atoms with Crippen molar-refractivity contribution in [3.05, 3.63) is 82.1 Å². The van der Waals surface area contributed by atoms with Gasteiger partial charge >= 0.3 is 12.2 Å². The predicted molar refractivity (Wildman–Crippen MR) is 258 cm³/mol. The first-order valence-corrected chi connectivity index (χ1v) is 25.0. The zero-order valence-corrected chi connectivity index (χ0v) is 40.7. The molecule has 69 heavy (non-hydrogen) atoms. The number of carbonyl (C=O) groups is 4. The maximum Gasteiger partial charge on any atom is 0.407 e. The van der Waals surface area contributed by atoms with E-state index in [1.807, 2.05) is 56.1 Å². The molecule has 2 aromatic carbocycles. The van der Waals surface area contributed by atoms with Crippen LogP contribution in [0.1, 0.15) is 118 Å². The number of nitrogens with one attached hydrogen (secondary N) is 4. The fourth-order valence-corrected chi connectivity index (χ4v) is 12.0. The molecule has 0 radical (unpaired) electrons. The number of piperidine rings is 1. The second-order valence-electron chi connectivity index (χ2n) is 20.0. The highest BCUT2D eigenvalue weighted by molar-refractivity contribution is 7.11. The number of fused-ring (bicyclic) bond motifs is 6. The summed E-state index contributed by atoms with van der Waals surface area (Å²) in [6.07, 6.45) is 9.58. The van der Waals surface area contributed by atoms with E-state index >= 15 is 0 Å². The monoisotopic (exact) mass is 954 g/mol. The Bertz CT molecular complexity index is 3000. The number of aromatic amines is 2. The summed E-state index contributed by atoms with van der Waals surface area (Å²) in [5.41, 5.74) is 7.63. The fourth-order valence-electron chi connectivity index (χ4n) is 10.8. The standard InChI is InChI=1S/C51H58N10O7S/c1-24(2)42(57-50(64)66-6)47(62)59-14-8-9-35(59)44-52-22-33(56-44)29-15-26(5)41-37-18-30-16-28(12-13-34(30)61(37)49(68-39(41)20-29)40-23-54-46(69-40)27-10-11-27)32-21-53-45(55-32)38-19-31-17-36(31)60(38)48(63)43(25(3)4)58-51(65)67-7/h12-13,15-16,18,20-25,27,31,35-36,38,42-43,49H,8-11,14,17,19H2,1-7H3,(H,52,56)(H,53,55)(H,57,64)(H,58,65)/t31?,35-,36+,38-,42-,43-,49?/m0/s1. The summed E-state index contributed by atoms with van der Waals surface area (Å²) in [5, 5.41) is 7.68. The van der Waals surface area contributed by atoms with Gasteiger partial charge in [0.25, 0.3) is 0 Å². The maximum atomic E-state index is 14.1. The Labute approximate surface area is 403 Å². The highest BCUT2D eigenvalue weighted by atomic mass is 32.1. The largest absolute Gasteiger partial charge is 0.464 e. The molecule has 4 amide bonds. The fraction of sp³-hybridized carbons (Fsp3) is 0.471. The molecule has 6 aromatic rings. The molecule has 0 bridgehead atoms. The topological polar surface area (TPSA) is 202 Å². The molecule has 4 fully saturated rings. The van der Waals surface area contributed by atoms with Crippen molar-refractivity contribution in [2.75, 3.05) is 20.8 Å². The summed E-state index contributed by atoms with van der Waals surface area (Å²) in [6, 6.07) is 11.1. The molecule has 360 valence electrons. The molecule has 2 aliphatic carbocycles. The van der Waals surface area contributed by atoms with E-state index < -0.39 is 30.5 Å². The maximum absolute atomic E-state index is 14.1. The summed E-state index contributed by atoms with van der Waals surface area (Å²) in [4.78, 5) is 78.8. The highest BCUT2D eigenvalue weighted by Crippen LogP contribution is 2.54. The lowest BCUT2D eigenvalue weighted by atomic mass is 9.98. The average molecular weight is 955 g/mol. The average Bonchev–Trinajstić information content (AvgIpc) is 3.81. The van der Waals surface area contributed by atoms with Gasteiger partial charge in [-0.25, -0.2) is 24.5 Å². The zero-order chi connectivity index (χ0) is 48.0. The Hall–Kier alpha value is -6.69. The van der Waals surface area contributed by atoms with Gasteiger partial charge in [-0.1, -0.05) is 33.8 Å². The molecule has 5 aliphatic rings. The van der Waals surface area contributed by atoms with E-state index in [9.17, 15) is 19.2 Å². The van der Waals surface area contributed by atoms with Crippen LogP contribution in [0.2, 0.25) is 0 Å². The Morgan fingerprint density at radius 2 is 1.48 bits per heavy atom. The quantitative estimate of drug-likeness (QED) is 0.0919. The van der Waals surface area contributed by atoms with E-state index in [0.717, 1.165) is 110 Å². The van der Waals surface area contributed by atoms with Crippen molar-refractivity contribution in [2.45, 2.75) is 115 Å². The van der Waals surface area contributed by atoms with Gasteiger partial charge in [-0.05, 0) is 99.1 Å². The van der Waals surface area contributed by atoms with E-state index in [1.165, 1.54) is 14.2 Å². The molecule has 11 rings (SSSR count). The van der Waals surface area contributed by atoms with Crippen LogP contribution in [0.25, 0.3) is 44.7 Å². The van der Waals surface area contributed by atoms with Crippen LogP contribution in [0.15, 0.2) is 55.0 Å². The van der Waals surface area contributed by atoms with Crippen molar-refractivity contribution in [2.24, 2.45) is 17.8 Å². The van der Waals surface area contributed by atoms with Gasteiger partial charge in [-0.2, -0.15) is 0 Å². The van der Waals surface area contributed by atoms with Crippen molar-refractivity contribution in [3.8, 4) is 39.5 Å². The van der Waals surface area contributed by atoms with Gasteiger partial charge in [0.05, 0.1) is 71.2 Å². The molecule has 3 aliphatic heterocycles. The molecule has 7 heterocycles. The number of likely N-dealkylation sites (tertiary alicyclic amines) is 2. The molecule has 0 spiro atoms. The number of rotatable bonds is 12. The molecular weight excluding hydrogens is 897 g/mol. The lowest BCUT2D eigenvalue weighted by molar-refractivity contribution is -0.137. The van der Waals surface area contributed by atoms with E-state index in [1.54, 1.807) is 11.3 Å². The number of methoxy groups -OCH3 is 2. The zero-order valence-electron chi connectivity index (χ0n) is 39.9. The molecule has 18 heteroatoms. The first-order valence-electron chi connectivity index (χ1n) is 24.1. The third-order valence-electron chi connectivity index (χ3n) is 14.7.